The van der Waals surface area contributed by atoms with Crippen molar-refractivity contribution < 1.29 is 13.2 Å². The number of benzene rings is 2. The van der Waals surface area contributed by atoms with E-state index in [2.05, 4.69) is 9.97 Å². The fourth-order valence-corrected chi connectivity index (χ4v) is 4.76. The summed E-state index contributed by atoms with van der Waals surface area (Å²) in [6.07, 6.45) is 7.16. The Morgan fingerprint density at radius 2 is 2.00 bits per heavy atom. The fourth-order valence-electron chi connectivity index (χ4n) is 3.11. The number of carbonyl (C=O) groups is 1. The van der Waals surface area contributed by atoms with Gasteiger partial charge in [-0.25, -0.2) is 18.4 Å². The molecule has 0 aliphatic rings. The third kappa shape index (κ3) is 4.42. The highest BCUT2D eigenvalue weighted by Gasteiger charge is 2.22. The number of hydrogen-bond acceptors (Lipinski definition) is 6. The van der Waals surface area contributed by atoms with Gasteiger partial charge < -0.3 is 4.57 Å². The smallest absolute Gasteiger partial charge is 0.260 e. The van der Waals surface area contributed by atoms with Gasteiger partial charge in [0.25, 0.3) is 5.91 Å². The van der Waals surface area contributed by atoms with E-state index in [0.717, 1.165) is 16.5 Å². The summed E-state index contributed by atoms with van der Waals surface area (Å²) in [5.41, 5.74) is 1.15. The van der Waals surface area contributed by atoms with Crippen molar-refractivity contribution in [1.29, 1.82) is 0 Å². The number of aryl methyl sites for hydroxylation is 1. The van der Waals surface area contributed by atoms with Crippen LogP contribution in [-0.4, -0.2) is 41.7 Å². The van der Waals surface area contributed by atoms with E-state index in [1.54, 1.807) is 29.6 Å². The van der Waals surface area contributed by atoms with Gasteiger partial charge in [0.05, 0.1) is 21.4 Å². The number of aromatic nitrogens is 3. The second-order valence-electron chi connectivity index (χ2n) is 6.88. The normalized spacial score (nSPS) is 11.6. The molecule has 2 aromatic carbocycles. The number of sulfone groups is 1. The van der Waals surface area contributed by atoms with Crippen molar-refractivity contribution in [2.24, 2.45) is 0 Å². The molecule has 0 radical (unpaired) electrons. The van der Waals surface area contributed by atoms with Crippen molar-refractivity contribution in [3.05, 3.63) is 72.8 Å². The lowest BCUT2D eigenvalue weighted by atomic mass is 10.2. The zero-order chi connectivity index (χ0) is 21.1. The van der Waals surface area contributed by atoms with Gasteiger partial charge in [0.1, 0.15) is 0 Å². The van der Waals surface area contributed by atoms with E-state index in [4.69, 9.17) is 0 Å². The number of thiazole rings is 1. The molecule has 0 aliphatic carbocycles. The first-order valence-corrected chi connectivity index (χ1v) is 12.1. The van der Waals surface area contributed by atoms with Crippen molar-refractivity contribution >= 4 is 42.4 Å². The first-order chi connectivity index (χ1) is 14.4. The van der Waals surface area contributed by atoms with Gasteiger partial charge in [-0.1, -0.05) is 29.5 Å². The highest BCUT2D eigenvalue weighted by Crippen LogP contribution is 2.30. The predicted octanol–water partition coefficient (Wildman–Crippen LogP) is 3.63. The van der Waals surface area contributed by atoms with E-state index in [0.29, 0.717) is 30.2 Å². The fraction of sp³-hybridized carbons (Fsp3) is 0.190. The molecule has 4 rings (SSSR count). The summed E-state index contributed by atoms with van der Waals surface area (Å²) < 4.78 is 26.8. The Labute approximate surface area is 178 Å². The summed E-state index contributed by atoms with van der Waals surface area (Å²) >= 11 is 1.44. The summed E-state index contributed by atoms with van der Waals surface area (Å²) in [6.45, 7) is 1.15. The summed E-state index contributed by atoms with van der Waals surface area (Å²) in [6, 6.07) is 13.9. The van der Waals surface area contributed by atoms with Crippen LogP contribution in [-0.2, 0) is 16.4 Å². The lowest BCUT2D eigenvalue weighted by Crippen LogP contribution is -2.32. The maximum Gasteiger partial charge on any atom is 0.260 e. The van der Waals surface area contributed by atoms with Gasteiger partial charge in [0.15, 0.2) is 15.0 Å². The molecule has 9 heteroatoms. The molecule has 1 amide bonds. The van der Waals surface area contributed by atoms with Gasteiger partial charge >= 0.3 is 0 Å². The molecule has 0 spiro atoms. The maximum absolute atomic E-state index is 13.4. The average molecular weight is 441 g/mol. The van der Waals surface area contributed by atoms with Gasteiger partial charge in [-0.05, 0) is 36.8 Å². The third-order valence-corrected chi connectivity index (χ3v) is 6.79. The Bertz CT molecular complexity index is 1250. The minimum absolute atomic E-state index is 0.121. The molecule has 0 aliphatic heterocycles. The molecule has 0 unspecified atom stereocenters. The van der Waals surface area contributed by atoms with E-state index in [1.807, 2.05) is 35.0 Å². The number of imidazole rings is 1. The van der Waals surface area contributed by atoms with Crippen molar-refractivity contribution in [2.75, 3.05) is 17.7 Å². The van der Waals surface area contributed by atoms with Crippen LogP contribution in [0.4, 0.5) is 5.13 Å². The molecule has 4 aromatic rings. The van der Waals surface area contributed by atoms with Crippen LogP contribution in [0, 0.1) is 0 Å². The molecule has 0 N–H and O–H groups in total. The molecule has 30 heavy (non-hydrogen) atoms. The van der Waals surface area contributed by atoms with Crippen LogP contribution in [0.5, 0.6) is 0 Å². The van der Waals surface area contributed by atoms with Crippen LogP contribution in [0.1, 0.15) is 16.8 Å². The predicted molar refractivity (Wildman–Crippen MR) is 118 cm³/mol. The Morgan fingerprint density at radius 3 is 2.73 bits per heavy atom. The molecule has 154 valence electrons. The SMILES string of the molecule is CS(=O)(=O)c1cccc(C(=O)N(CCCn2ccnc2)c2nc3ccccc3s2)c1. The number of amides is 1. The monoisotopic (exact) mass is 440 g/mol. The van der Waals surface area contributed by atoms with E-state index in [9.17, 15) is 13.2 Å². The van der Waals surface area contributed by atoms with Gasteiger partial charge in [-0.15, -0.1) is 0 Å². The van der Waals surface area contributed by atoms with Gasteiger partial charge in [-0.2, -0.15) is 0 Å². The van der Waals surface area contributed by atoms with Gasteiger partial charge in [0, 0.05) is 37.3 Å². The first kappa shape index (κ1) is 20.2. The number of rotatable bonds is 7. The molecule has 0 bridgehead atoms. The van der Waals surface area contributed by atoms with E-state index >= 15 is 0 Å². The highest BCUT2D eigenvalue weighted by atomic mass is 32.2. The maximum atomic E-state index is 13.4. The molecule has 0 saturated heterocycles. The largest absolute Gasteiger partial charge is 0.337 e. The Balaban J connectivity index is 1.66. The number of para-hydroxylation sites is 1. The van der Waals surface area contributed by atoms with E-state index in [1.165, 1.54) is 23.5 Å². The second kappa shape index (κ2) is 8.37. The molecule has 0 fully saturated rings. The molecule has 2 aromatic heterocycles. The topological polar surface area (TPSA) is 85.2 Å². The summed E-state index contributed by atoms with van der Waals surface area (Å²) in [7, 11) is -3.41. The van der Waals surface area contributed by atoms with E-state index in [-0.39, 0.29) is 10.8 Å². The average Bonchev–Trinajstić information content (AvgIpc) is 3.39. The number of carbonyl (C=O) groups excluding carboxylic acids is 1. The van der Waals surface area contributed by atoms with Crippen molar-refractivity contribution in [3.8, 4) is 0 Å². The molecule has 2 heterocycles. The number of hydrogen-bond donors (Lipinski definition) is 0. The Morgan fingerprint density at radius 1 is 1.17 bits per heavy atom. The standard InChI is InChI=1S/C21H20N4O3S2/c1-30(27,28)17-7-4-6-16(14-17)20(26)25(12-5-11-24-13-10-22-15-24)21-23-18-8-2-3-9-19(18)29-21/h2-4,6-10,13-15H,5,11-12H2,1H3. The lowest BCUT2D eigenvalue weighted by Gasteiger charge is -2.20. The van der Waals surface area contributed by atoms with Crippen LogP contribution in [0.3, 0.4) is 0 Å². The molecular weight excluding hydrogens is 420 g/mol. The minimum atomic E-state index is -3.41. The number of nitrogens with zero attached hydrogens (tertiary/aromatic N) is 4. The van der Waals surface area contributed by atoms with Crippen LogP contribution < -0.4 is 4.90 Å². The van der Waals surface area contributed by atoms with Crippen LogP contribution in [0.2, 0.25) is 0 Å². The zero-order valence-corrected chi connectivity index (χ0v) is 17.9. The lowest BCUT2D eigenvalue weighted by molar-refractivity contribution is 0.0986. The summed E-state index contributed by atoms with van der Waals surface area (Å²) in [5, 5.41) is 0.594. The molecular formula is C21H20N4O3S2. The summed E-state index contributed by atoms with van der Waals surface area (Å²) in [4.78, 5) is 23.8. The Kier molecular flexibility index (Phi) is 5.65. The number of fused-ring (bicyclic) bond motifs is 1. The molecule has 0 atom stereocenters. The van der Waals surface area contributed by atoms with Crippen molar-refractivity contribution in [2.45, 2.75) is 17.9 Å². The van der Waals surface area contributed by atoms with Crippen LogP contribution in [0.25, 0.3) is 10.2 Å². The summed E-state index contributed by atoms with van der Waals surface area (Å²) in [5.74, 6) is -0.273. The highest BCUT2D eigenvalue weighted by molar-refractivity contribution is 7.90. The zero-order valence-electron chi connectivity index (χ0n) is 16.3. The van der Waals surface area contributed by atoms with Crippen LogP contribution in [0.15, 0.2) is 72.1 Å². The van der Waals surface area contributed by atoms with Crippen molar-refractivity contribution in [3.63, 3.8) is 0 Å². The van der Waals surface area contributed by atoms with Gasteiger partial charge in [-0.3, -0.25) is 9.69 Å². The quantitative estimate of drug-likeness (QED) is 0.438. The Hall–Kier alpha value is -3.04. The van der Waals surface area contributed by atoms with Crippen LogP contribution >= 0.6 is 11.3 Å². The van der Waals surface area contributed by atoms with E-state index < -0.39 is 9.84 Å². The van der Waals surface area contributed by atoms with Crippen molar-refractivity contribution in [1.82, 2.24) is 14.5 Å². The first-order valence-electron chi connectivity index (χ1n) is 9.35. The molecule has 0 saturated carbocycles. The second-order valence-corrected chi connectivity index (χ2v) is 9.90. The third-order valence-electron chi connectivity index (χ3n) is 4.63. The minimum Gasteiger partial charge on any atom is -0.337 e. The number of anilines is 1. The van der Waals surface area contributed by atoms with Gasteiger partial charge in [0.2, 0.25) is 0 Å². The molecule has 7 nitrogen and oxygen atoms in total.